The first-order chi connectivity index (χ1) is 13.3. The quantitative estimate of drug-likeness (QED) is 0.599. The fraction of sp³-hybridized carbons (Fsp3) is 0.583. The predicted molar refractivity (Wildman–Crippen MR) is 114 cm³/mol. The van der Waals surface area contributed by atoms with Crippen molar-refractivity contribution in [2.45, 2.75) is 89.6 Å². The Morgan fingerprint density at radius 2 is 1.52 bits per heavy atom. The summed E-state index contributed by atoms with van der Waals surface area (Å²) in [4.78, 5) is 0. The summed E-state index contributed by atoms with van der Waals surface area (Å²) in [7, 11) is 0. The van der Waals surface area contributed by atoms with Gasteiger partial charge in [0.2, 0.25) is 0 Å². The monoisotopic (exact) mass is 366 g/mol. The molecule has 1 aromatic carbocycles. The van der Waals surface area contributed by atoms with Crippen LogP contribution in [0.3, 0.4) is 0 Å². The van der Waals surface area contributed by atoms with Gasteiger partial charge in [-0.2, -0.15) is 0 Å². The highest BCUT2D eigenvalue weighted by atomic mass is 16.3. The van der Waals surface area contributed by atoms with Gasteiger partial charge < -0.3 is 15.1 Å². The average Bonchev–Trinajstić information content (AvgIpc) is 3.22. The summed E-state index contributed by atoms with van der Waals surface area (Å²) in [6.45, 7) is 2.28. The number of benzene rings is 1. The molecule has 3 heteroatoms. The molecule has 4 rings (SSSR count). The Kier molecular flexibility index (Phi) is 6.06. The van der Waals surface area contributed by atoms with E-state index in [0.717, 1.165) is 12.2 Å². The minimum atomic E-state index is 0.609. The van der Waals surface area contributed by atoms with E-state index in [9.17, 15) is 0 Å². The fourth-order valence-electron chi connectivity index (χ4n) is 4.79. The van der Waals surface area contributed by atoms with Crippen LogP contribution in [0.1, 0.15) is 81.1 Å². The molecule has 0 unspecified atom stereocenters. The number of furan rings is 1. The SMILES string of the molecule is Cc1c(NC2CCCCC2)ccc(Cc2ccco2)c1NC1CCCCC1. The van der Waals surface area contributed by atoms with Crippen molar-refractivity contribution < 1.29 is 4.42 Å². The van der Waals surface area contributed by atoms with Crippen molar-refractivity contribution in [3.8, 4) is 0 Å². The highest BCUT2D eigenvalue weighted by molar-refractivity contribution is 5.70. The lowest BCUT2D eigenvalue weighted by molar-refractivity contribution is 0.461. The summed E-state index contributed by atoms with van der Waals surface area (Å²) in [6.07, 6.45) is 16.0. The van der Waals surface area contributed by atoms with Crippen LogP contribution in [-0.4, -0.2) is 12.1 Å². The molecule has 146 valence electrons. The molecule has 0 spiro atoms. The third-order valence-electron chi connectivity index (χ3n) is 6.41. The lowest BCUT2D eigenvalue weighted by Gasteiger charge is -2.29. The molecule has 2 saturated carbocycles. The maximum absolute atomic E-state index is 5.63. The van der Waals surface area contributed by atoms with Crippen molar-refractivity contribution >= 4 is 11.4 Å². The molecule has 2 aromatic rings. The molecule has 2 fully saturated rings. The zero-order valence-corrected chi connectivity index (χ0v) is 16.7. The summed E-state index contributed by atoms with van der Waals surface area (Å²) >= 11 is 0. The fourth-order valence-corrected chi connectivity index (χ4v) is 4.79. The number of nitrogens with one attached hydrogen (secondary N) is 2. The van der Waals surface area contributed by atoms with Crippen molar-refractivity contribution in [2.75, 3.05) is 10.6 Å². The van der Waals surface area contributed by atoms with Crippen molar-refractivity contribution in [2.24, 2.45) is 0 Å². The van der Waals surface area contributed by atoms with Gasteiger partial charge in [0.25, 0.3) is 0 Å². The van der Waals surface area contributed by atoms with Crippen LogP contribution < -0.4 is 10.6 Å². The first-order valence-electron chi connectivity index (χ1n) is 11.0. The molecular formula is C24H34N2O. The molecule has 2 aliphatic carbocycles. The Labute approximate surface area is 163 Å². The molecule has 0 atom stereocenters. The molecule has 27 heavy (non-hydrogen) atoms. The van der Waals surface area contributed by atoms with Gasteiger partial charge in [0.1, 0.15) is 5.76 Å². The van der Waals surface area contributed by atoms with E-state index in [-0.39, 0.29) is 0 Å². The number of anilines is 2. The van der Waals surface area contributed by atoms with Gasteiger partial charge in [0.15, 0.2) is 0 Å². The Balaban J connectivity index is 1.58. The molecule has 1 heterocycles. The number of hydrogen-bond donors (Lipinski definition) is 2. The van der Waals surface area contributed by atoms with Crippen LogP contribution in [0, 0.1) is 6.92 Å². The van der Waals surface area contributed by atoms with E-state index < -0.39 is 0 Å². The van der Waals surface area contributed by atoms with E-state index in [4.69, 9.17) is 4.42 Å². The summed E-state index contributed by atoms with van der Waals surface area (Å²) in [5.74, 6) is 1.04. The third-order valence-corrected chi connectivity index (χ3v) is 6.41. The summed E-state index contributed by atoms with van der Waals surface area (Å²) < 4.78 is 5.63. The normalized spacial score (nSPS) is 19.1. The smallest absolute Gasteiger partial charge is 0.108 e. The van der Waals surface area contributed by atoms with E-state index >= 15 is 0 Å². The predicted octanol–water partition coefficient (Wildman–Crippen LogP) is 6.67. The zero-order chi connectivity index (χ0) is 18.5. The minimum absolute atomic E-state index is 0.609. The van der Waals surface area contributed by atoms with E-state index in [1.165, 1.54) is 86.7 Å². The maximum Gasteiger partial charge on any atom is 0.108 e. The van der Waals surface area contributed by atoms with E-state index in [1.807, 2.05) is 6.07 Å². The molecule has 0 saturated heterocycles. The molecular weight excluding hydrogens is 332 g/mol. The van der Waals surface area contributed by atoms with Gasteiger partial charge in [0, 0.05) is 29.9 Å². The zero-order valence-electron chi connectivity index (χ0n) is 16.7. The molecule has 3 nitrogen and oxygen atoms in total. The van der Waals surface area contributed by atoms with Gasteiger partial charge in [-0.05, 0) is 61.9 Å². The largest absolute Gasteiger partial charge is 0.469 e. The number of hydrogen-bond acceptors (Lipinski definition) is 3. The summed E-state index contributed by atoms with van der Waals surface area (Å²) in [6, 6.07) is 9.89. The third kappa shape index (κ3) is 4.69. The van der Waals surface area contributed by atoms with Gasteiger partial charge in [0.05, 0.1) is 6.26 Å². The highest BCUT2D eigenvalue weighted by Crippen LogP contribution is 2.34. The van der Waals surface area contributed by atoms with Gasteiger partial charge in [-0.1, -0.05) is 44.6 Å². The van der Waals surface area contributed by atoms with Gasteiger partial charge >= 0.3 is 0 Å². The summed E-state index contributed by atoms with van der Waals surface area (Å²) in [5, 5.41) is 7.78. The lowest BCUT2D eigenvalue weighted by Crippen LogP contribution is -2.25. The maximum atomic E-state index is 5.63. The topological polar surface area (TPSA) is 37.2 Å². The van der Waals surface area contributed by atoms with E-state index in [1.54, 1.807) is 6.26 Å². The van der Waals surface area contributed by atoms with Crippen LogP contribution >= 0.6 is 0 Å². The first kappa shape index (κ1) is 18.5. The Bertz CT molecular complexity index is 710. The van der Waals surface area contributed by atoms with E-state index in [2.05, 4.69) is 35.8 Å². The highest BCUT2D eigenvalue weighted by Gasteiger charge is 2.20. The second-order valence-electron chi connectivity index (χ2n) is 8.49. The van der Waals surface area contributed by atoms with E-state index in [0.29, 0.717) is 12.1 Å². The molecule has 0 radical (unpaired) electrons. The lowest BCUT2D eigenvalue weighted by atomic mass is 9.93. The molecule has 0 aliphatic heterocycles. The van der Waals surface area contributed by atoms with Crippen LogP contribution in [0.4, 0.5) is 11.4 Å². The van der Waals surface area contributed by atoms with Crippen molar-refractivity contribution in [3.05, 3.63) is 47.4 Å². The van der Waals surface area contributed by atoms with Crippen LogP contribution in [0.2, 0.25) is 0 Å². The van der Waals surface area contributed by atoms with Crippen LogP contribution in [0.5, 0.6) is 0 Å². The number of rotatable bonds is 6. The molecule has 0 bridgehead atoms. The van der Waals surface area contributed by atoms with Crippen molar-refractivity contribution in [1.82, 2.24) is 0 Å². The molecule has 1 aromatic heterocycles. The Morgan fingerprint density at radius 3 is 2.15 bits per heavy atom. The first-order valence-corrected chi connectivity index (χ1v) is 11.0. The van der Waals surface area contributed by atoms with Gasteiger partial charge in [-0.25, -0.2) is 0 Å². The second-order valence-corrected chi connectivity index (χ2v) is 8.49. The van der Waals surface area contributed by atoms with Crippen molar-refractivity contribution in [1.29, 1.82) is 0 Å². The Morgan fingerprint density at radius 1 is 0.852 bits per heavy atom. The van der Waals surface area contributed by atoms with Crippen molar-refractivity contribution in [3.63, 3.8) is 0 Å². The van der Waals surface area contributed by atoms with Crippen LogP contribution in [0.15, 0.2) is 34.9 Å². The minimum Gasteiger partial charge on any atom is -0.469 e. The van der Waals surface area contributed by atoms with Gasteiger partial charge in [-0.15, -0.1) is 0 Å². The van der Waals surface area contributed by atoms with Crippen LogP contribution in [0.25, 0.3) is 0 Å². The second kappa shape index (κ2) is 8.86. The van der Waals surface area contributed by atoms with Gasteiger partial charge in [-0.3, -0.25) is 0 Å². The Hall–Kier alpha value is -1.90. The summed E-state index contributed by atoms with van der Waals surface area (Å²) in [5.41, 5.74) is 5.36. The average molecular weight is 367 g/mol. The molecule has 2 aliphatic rings. The molecule has 0 amide bonds. The standard InChI is InChI=1S/C24H34N2O/c1-18-23(25-20-9-4-2-5-10-20)15-14-19(17-22-13-8-16-27-22)24(18)26-21-11-6-3-7-12-21/h8,13-16,20-21,25-26H,2-7,9-12,17H2,1H3. The molecule has 2 N–H and O–H groups in total. The van der Waals surface area contributed by atoms with Crippen LogP contribution in [-0.2, 0) is 6.42 Å².